The summed E-state index contributed by atoms with van der Waals surface area (Å²) in [5.74, 6) is 0.613. The molecule has 0 saturated carbocycles. The minimum absolute atomic E-state index is 0.00583. The number of benzene rings is 3. The Bertz CT molecular complexity index is 1370. The van der Waals surface area contributed by atoms with Crippen molar-refractivity contribution in [3.05, 3.63) is 88.5 Å². The van der Waals surface area contributed by atoms with Crippen LogP contribution in [0.4, 0.5) is 5.69 Å². The van der Waals surface area contributed by atoms with Gasteiger partial charge in [-0.25, -0.2) is 8.42 Å². The summed E-state index contributed by atoms with van der Waals surface area (Å²) in [7, 11) is -2.50. The van der Waals surface area contributed by atoms with Gasteiger partial charge >= 0.3 is 0 Å². The molecule has 0 aliphatic carbocycles. The van der Waals surface area contributed by atoms with Gasteiger partial charge in [-0.3, -0.25) is 10.1 Å². The first-order valence-corrected chi connectivity index (χ1v) is 11.0. The van der Waals surface area contributed by atoms with Crippen molar-refractivity contribution in [1.29, 1.82) is 0 Å². The molecule has 0 N–H and O–H groups in total. The molecule has 0 aliphatic heterocycles. The Morgan fingerprint density at radius 2 is 1.50 bits per heavy atom. The third-order valence-electron chi connectivity index (χ3n) is 4.95. The van der Waals surface area contributed by atoms with Crippen molar-refractivity contribution in [3.63, 3.8) is 0 Å². The first-order valence-electron chi connectivity index (χ1n) is 9.52. The maximum absolute atomic E-state index is 13.7. The highest BCUT2D eigenvalue weighted by Crippen LogP contribution is 2.39. The van der Waals surface area contributed by atoms with Gasteiger partial charge in [-0.15, -0.1) is 0 Å². The highest BCUT2D eigenvalue weighted by Gasteiger charge is 2.31. The molecule has 162 valence electrons. The van der Waals surface area contributed by atoms with E-state index in [9.17, 15) is 18.5 Å². The van der Waals surface area contributed by atoms with Crippen molar-refractivity contribution in [2.24, 2.45) is 0 Å². The monoisotopic (exact) mass is 450 g/mol. The van der Waals surface area contributed by atoms with Gasteiger partial charge in [-0.2, -0.15) is 0 Å². The molecule has 4 aromatic rings. The maximum Gasteiger partial charge on any atom is 0.269 e. The van der Waals surface area contributed by atoms with Crippen molar-refractivity contribution in [2.45, 2.75) is 16.7 Å². The van der Waals surface area contributed by atoms with Gasteiger partial charge in [-0.1, -0.05) is 22.9 Å². The lowest BCUT2D eigenvalue weighted by molar-refractivity contribution is -0.384. The number of non-ortho nitro benzene ring substituents is 1. The van der Waals surface area contributed by atoms with E-state index < -0.39 is 14.8 Å². The summed E-state index contributed by atoms with van der Waals surface area (Å²) in [6, 6.07) is 18.7. The van der Waals surface area contributed by atoms with Gasteiger partial charge in [0.1, 0.15) is 16.3 Å². The number of aromatic nitrogens is 1. The predicted octanol–water partition coefficient (Wildman–Crippen LogP) is 5.07. The van der Waals surface area contributed by atoms with Gasteiger partial charge in [0.15, 0.2) is 5.76 Å². The van der Waals surface area contributed by atoms with Gasteiger partial charge < -0.3 is 9.26 Å². The van der Waals surface area contributed by atoms with Crippen LogP contribution in [0.5, 0.6) is 5.75 Å². The minimum Gasteiger partial charge on any atom is -0.497 e. The third kappa shape index (κ3) is 3.85. The minimum atomic E-state index is -4.03. The number of methoxy groups -OCH3 is 1. The molecule has 1 aromatic heterocycles. The largest absolute Gasteiger partial charge is 0.497 e. The summed E-state index contributed by atoms with van der Waals surface area (Å²) >= 11 is 0. The Labute approximate surface area is 184 Å². The Balaban J connectivity index is 1.93. The van der Waals surface area contributed by atoms with E-state index in [1.807, 2.05) is 6.92 Å². The van der Waals surface area contributed by atoms with E-state index in [1.165, 1.54) is 43.5 Å². The zero-order valence-electron chi connectivity index (χ0n) is 17.2. The van der Waals surface area contributed by atoms with Gasteiger partial charge in [0.2, 0.25) is 9.84 Å². The van der Waals surface area contributed by atoms with Crippen LogP contribution >= 0.6 is 0 Å². The molecule has 0 unspecified atom stereocenters. The number of nitrogens with zero attached hydrogens (tertiary/aromatic N) is 2. The molecule has 0 amide bonds. The molecule has 3 aromatic carbocycles. The zero-order valence-corrected chi connectivity index (χ0v) is 18.0. The maximum atomic E-state index is 13.7. The molecule has 1 heterocycles. The van der Waals surface area contributed by atoms with Gasteiger partial charge in [0.25, 0.3) is 5.69 Å². The summed E-state index contributed by atoms with van der Waals surface area (Å²) in [6.45, 7) is 1.86. The molecule has 8 nitrogen and oxygen atoms in total. The van der Waals surface area contributed by atoms with Crippen molar-refractivity contribution < 1.29 is 22.6 Å². The van der Waals surface area contributed by atoms with E-state index >= 15 is 0 Å². The number of aryl methyl sites for hydroxylation is 1. The van der Waals surface area contributed by atoms with Gasteiger partial charge in [0.05, 0.1) is 16.9 Å². The second-order valence-electron chi connectivity index (χ2n) is 7.04. The number of nitro benzene ring substituents is 1. The van der Waals surface area contributed by atoms with Crippen LogP contribution in [0.1, 0.15) is 5.56 Å². The second-order valence-corrected chi connectivity index (χ2v) is 8.92. The Hall–Kier alpha value is -3.98. The molecule has 32 heavy (non-hydrogen) atoms. The first-order chi connectivity index (χ1) is 15.3. The number of hydrogen-bond donors (Lipinski definition) is 0. The molecule has 0 aliphatic rings. The lowest BCUT2D eigenvalue weighted by Crippen LogP contribution is -2.04. The van der Waals surface area contributed by atoms with Crippen molar-refractivity contribution in [1.82, 2.24) is 5.16 Å². The van der Waals surface area contributed by atoms with Gasteiger partial charge in [-0.05, 0) is 55.5 Å². The van der Waals surface area contributed by atoms with Crippen LogP contribution in [-0.2, 0) is 9.84 Å². The van der Waals surface area contributed by atoms with Crippen LogP contribution in [0.2, 0.25) is 0 Å². The number of ether oxygens (including phenoxy) is 1. The molecule has 4 rings (SSSR count). The molecule has 0 atom stereocenters. The van der Waals surface area contributed by atoms with Crippen LogP contribution in [0.25, 0.3) is 22.6 Å². The first kappa shape index (κ1) is 21.3. The average Bonchev–Trinajstić information content (AvgIpc) is 3.25. The molecule has 0 radical (unpaired) electrons. The highest BCUT2D eigenvalue weighted by atomic mass is 32.2. The van der Waals surface area contributed by atoms with Crippen LogP contribution in [0.3, 0.4) is 0 Å². The number of hydrogen-bond acceptors (Lipinski definition) is 7. The third-order valence-corrected chi connectivity index (χ3v) is 6.76. The molecular formula is C23H18N2O6S. The fraction of sp³-hybridized carbons (Fsp3) is 0.0870. The van der Waals surface area contributed by atoms with Crippen LogP contribution in [-0.4, -0.2) is 25.6 Å². The zero-order chi connectivity index (χ0) is 22.9. The smallest absolute Gasteiger partial charge is 0.269 e. The van der Waals surface area contributed by atoms with Crippen LogP contribution < -0.4 is 4.74 Å². The number of rotatable bonds is 6. The average molecular weight is 450 g/mol. The fourth-order valence-corrected chi connectivity index (χ4v) is 4.76. The van der Waals surface area contributed by atoms with E-state index in [0.717, 1.165) is 5.56 Å². The molecule has 9 heteroatoms. The topological polar surface area (TPSA) is 113 Å². The van der Waals surface area contributed by atoms with E-state index in [1.54, 1.807) is 36.4 Å². The van der Waals surface area contributed by atoms with E-state index in [0.29, 0.717) is 16.9 Å². The van der Waals surface area contributed by atoms with Crippen LogP contribution in [0, 0.1) is 17.0 Å². The van der Waals surface area contributed by atoms with Gasteiger partial charge in [0, 0.05) is 23.3 Å². The standard InChI is InChI=1S/C23H18N2O6S/c1-15-3-13-20(14-4-15)32(28,29)23-21(16-7-11-19(30-2)12-8-16)24-31-22(23)17-5-9-18(10-6-17)25(26)27/h3-14H,1-2H3. The summed E-state index contributed by atoms with van der Waals surface area (Å²) in [5.41, 5.74) is 1.82. The van der Waals surface area contributed by atoms with E-state index in [-0.39, 0.29) is 26.9 Å². The highest BCUT2D eigenvalue weighted by molar-refractivity contribution is 7.91. The Morgan fingerprint density at radius 1 is 0.906 bits per heavy atom. The SMILES string of the molecule is COc1ccc(-c2noc(-c3ccc([N+](=O)[O-])cc3)c2S(=O)(=O)c2ccc(C)cc2)cc1. The number of nitro groups is 1. The predicted molar refractivity (Wildman–Crippen MR) is 117 cm³/mol. The quantitative estimate of drug-likeness (QED) is 0.298. The number of sulfone groups is 1. The summed E-state index contributed by atoms with van der Waals surface area (Å²) in [6.07, 6.45) is 0. The molecular weight excluding hydrogens is 432 g/mol. The summed E-state index contributed by atoms with van der Waals surface area (Å²) in [5, 5.41) is 15.0. The summed E-state index contributed by atoms with van der Waals surface area (Å²) < 4.78 is 38.0. The van der Waals surface area contributed by atoms with E-state index in [2.05, 4.69) is 5.16 Å². The molecule has 0 fully saturated rings. The van der Waals surface area contributed by atoms with E-state index in [4.69, 9.17) is 9.26 Å². The Kier molecular flexibility index (Phi) is 5.50. The van der Waals surface area contributed by atoms with Crippen molar-refractivity contribution in [3.8, 4) is 28.3 Å². The lowest BCUT2D eigenvalue weighted by atomic mass is 10.1. The van der Waals surface area contributed by atoms with Crippen LogP contribution in [0.15, 0.2) is 87.1 Å². The second kappa shape index (κ2) is 8.27. The van der Waals surface area contributed by atoms with Crippen molar-refractivity contribution >= 4 is 15.5 Å². The lowest BCUT2D eigenvalue weighted by Gasteiger charge is -2.08. The molecule has 0 spiro atoms. The summed E-state index contributed by atoms with van der Waals surface area (Å²) in [4.78, 5) is 10.4. The normalized spacial score (nSPS) is 11.3. The van der Waals surface area contributed by atoms with Crippen molar-refractivity contribution in [2.75, 3.05) is 7.11 Å². The molecule has 0 saturated heterocycles. The fourth-order valence-electron chi connectivity index (χ4n) is 3.22. The molecule has 0 bridgehead atoms. The Morgan fingerprint density at radius 3 is 2.06 bits per heavy atom.